The third kappa shape index (κ3) is 4.40. The first-order valence-electron chi connectivity index (χ1n) is 7.43. The molecule has 1 amide bonds. The predicted molar refractivity (Wildman–Crippen MR) is 88.5 cm³/mol. The zero-order chi connectivity index (χ0) is 16.8. The highest BCUT2D eigenvalue weighted by Gasteiger charge is 2.15. The van der Waals surface area contributed by atoms with Gasteiger partial charge in [-0.25, -0.2) is 0 Å². The summed E-state index contributed by atoms with van der Waals surface area (Å²) in [5.41, 5.74) is 2.26. The zero-order valence-corrected chi connectivity index (χ0v) is 13.7. The van der Waals surface area contributed by atoms with E-state index in [-0.39, 0.29) is 24.6 Å². The van der Waals surface area contributed by atoms with E-state index in [1.807, 2.05) is 31.2 Å². The minimum Gasteiger partial charge on any atom is -0.383 e. The molecule has 1 N–H and O–H groups in total. The number of carbonyl (C=O) groups is 1. The molecule has 0 saturated carbocycles. The largest absolute Gasteiger partial charge is 0.383 e. The van der Waals surface area contributed by atoms with Gasteiger partial charge in [-0.05, 0) is 30.5 Å². The van der Waals surface area contributed by atoms with Crippen LogP contribution in [0, 0.1) is 6.92 Å². The van der Waals surface area contributed by atoms with E-state index in [2.05, 4.69) is 4.98 Å². The average molecular weight is 318 g/mol. The van der Waals surface area contributed by atoms with Gasteiger partial charge in [0.15, 0.2) is 0 Å². The summed E-state index contributed by atoms with van der Waals surface area (Å²) in [6.45, 7) is 3.01. The number of nitrogens with zero attached hydrogens (tertiary/aromatic N) is 1. The number of benzene rings is 1. The first-order valence-corrected chi connectivity index (χ1v) is 7.43. The van der Waals surface area contributed by atoms with Gasteiger partial charge in [0.1, 0.15) is 6.61 Å². The summed E-state index contributed by atoms with van der Waals surface area (Å²) in [4.78, 5) is 28.8. The number of nitrogens with one attached hydrogen (secondary N) is 1. The van der Waals surface area contributed by atoms with E-state index in [1.165, 1.54) is 7.11 Å². The number of ether oxygens (including phenoxy) is 2. The van der Waals surface area contributed by atoms with E-state index in [9.17, 15) is 9.59 Å². The molecule has 23 heavy (non-hydrogen) atoms. The van der Waals surface area contributed by atoms with Crippen LogP contribution in [0.25, 0.3) is 10.9 Å². The van der Waals surface area contributed by atoms with Gasteiger partial charge in [-0.2, -0.15) is 0 Å². The van der Waals surface area contributed by atoms with Crippen LogP contribution in [0.15, 0.2) is 29.1 Å². The van der Waals surface area contributed by atoms with Crippen molar-refractivity contribution in [3.05, 3.63) is 45.7 Å². The Bertz CT molecular complexity index is 739. The second kappa shape index (κ2) is 7.89. The monoisotopic (exact) mass is 318 g/mol. The first-order chi connectivity index (χ1) is 11.0. The fourth-order valence-electron chi connectivity index (χ4n) is 2.40. The standard InChI is InChI=1S/C17H22N2O4/c1-12-4-5-15-13(8-12)9-14(17(21)18-15)10-19(6-7-22-2)16(20)11-23-3/h4-5,8-9H,6-7,10-11H2,1-3H3,(H,18,21). The number of hydrogen-bond acceptors (Lipinski definition) is 4. The van der Waals surface area contributed by atoms with Gasteiger partial charge in [0.2, 0.25) is 5.91 Å². The van der Waals surface area contributed by atoms with Crippen molar-refractivity contribution < 1.29 is 14.3 Å². The lowest BCUT2D eigenvalue weighted by molar-refractivity contribution is -0.136. The van der Waals surface area contributed by atoms with E-state index in [1.54, 1.807) is 12.0 Å². The summed E-state index contributed by atoms with van der Waals surface area (Å²) in [5.74, 6) is -0.173. The second-order valence-electron chi connectivity index (χ2n) is 5.46. The van der Waals surface area contributed by atoms with Gasteiger partial charge in [0, 0.05) is 31.8 Å². The number of aryl methyl sites for hydroxylation is 1. The maximum Gasteiger partial charge on any atom is 0.253 e. The van der Waals surface area contributed by atoms with Crippen molar-refractivity contribution in [2.24, 2.45) is 0 Å². The lowest BCUT2D eigenvalue weighted by atomic mass is 10.1. The number of H-pyrrole nitrogens is 1. The SMILES string of the molecule is COCCN(Cc1cc2cc(C)ccc2[nH]c1=O)C(=O)COC. The molecule has 2 rings (SSSR count). The Hall–Kier alpha value is -2.18. The van der Waals surface area contributed by atoms with Crippen LogP contribution < -0.4 is 5.56 Å². The molecule has 0 saturated heterocycles. The lowest BCUT2D eigenvalue weighted by Gasteiger charge is -2.22. The number of fused-ring (bicyclic) bond motifs is 1. The van der Waals surface area contributed by atoms with Crippen LogP contribution in [0.2, 0.25) is 0 Å². The summed E-state index contributed by atoms with van der Waals surface area (Å²) in [6.07, 6.45) is 0. The minimum absolute atomic E-state index is 0.0195. The molecular formula is C17H22N2O4. The molecular weight excluding hydrogens is 296 g/mol. The van der Waals surface area contributed by atoms with Crippen LogP contribution in [0.1, 0.15) is 11.1 Å². The molecule has 2 aromatic rings. The maximum absolute atomic E-state index is 12.3. The van der Waals surface area contributed by atoms with Crippen LogP contribution in [-0.2, 0) is 20.8 Å². The molecule has 0 atom stereocenters. The molecule has 1 heterocycles. The van der Waals surface area contributed by atoms with E-state index >= 15 is 0 Å². The van der Waals surface area contributed by atoms with Gasteiger partial charge in [-0.1, -0.05) is 11.6 Å². The van der Waals surface area contributed by atoms with Crippen molar-refractivity contribution >= 4 is 16.8 Å². The van der Waals surface area contributed by atoms with Gasteiger partial charge >= 0.3 is 0 Å². The summed E-state index contributed by atoms with van der Waals surface area (Å²) < 4.78 is 9.93. The summed E-state index contributed by atoms with van der Waals surface area (Å²) in [6, 6.07) is 7.67. The van der Waals surface area contributed by atoms with E-state index in [0.717, 1.165) is 16.5 Å². The molecule has 1 aromatic heterocycles. The molecule has 0 spiro atoms. The lowest BCUT2D eigenvalue weighted by Crippen LogP contribution is -2.37. The smallest absolute Gasteiger partial charge is 0.253 e. The number of aromatic amines is 1. The van der Waals surface area contributed by atoms with Gasteiger partial charge in [0.05, 0.1) is 13.2 Å². The quantitative estimate of drug-likeness (QED) is 0.839. The second-order valence-corrected chi connectivity index (χ2v) is 5.46. The number of methoxy groups -OCH3 is 2. The number of rotatable bonds is 7. The van der Waals surface area contributed by atoms with Crippen molar-refractivity contribution in [3.8, 4) is 0 Å². The zero-order valence-electron chi connectivity index (χ0n) is 13.7. The highest BCUT2D eigenvalue weighted by molar-refractivity contribution is 5.80. The first kappa shape index (κ1) is 17.2. The van der Waals surface area contributed by atoms with E-state index < -0.39 is 0 Å². The van der Waals surface area contributed by atoms with Crippen LogP contribution in [0.3, 0.4) is 0 Å². The fraction of sp³-hybridized carbons (Fsp3) is 0.412. The number of amides is 1. The van der Waals surface area contributed by atoms with Crippen LogP contribution >= 0.6 is 0 Å². The molecule has 0 aliphatic heterocycles. The summed E-state index contributed by atoms with van der Waals surface area (Å²) in [5, 5.41) is 0.950. The predicted octanol–water partition coefficient (Wildman–Crippen LogP) is 1.46. The highest BCUT2D eigenvalue weighted by Crippen LogP contribution is 2.14. The van der Waals surface area contributed by atoms with Crippen molar-refractivity contribution in [2.75, 3.05) is 34.0 Å². The van der Waals surface area contributed by atoms with Crippen molar-refractivity contribution in [1.29, 1.82) is 0 Å². The molecule has 6 heteroatoms. The van der Waals surface area contributed by atoms with Crippen LogP contribution in [0.4, 0.5) is 0 Å². The fourth-order valence-corrected chi connectivity index (χ4v) is 2.40. The Morgan fingerprint density at radius 3 is 2.70 bits per heavy atom. The summed E-state index contributed by atoms with van der Waals surface area (Å²) in [7, 11) is 3.04. The van der Waals surface area contributed by atoms with Crippen LogP contribution in [-0.4, -0.2) is 49.8 Å². The Morgan fingerprint density at radius 1 is 1.22 bits per heavy atom. The Balaban J connectivity index is 2.30. The van der Waals surface area contributed by atoms with E-state index in [4.69, 9.17) is 9.47 Å². The molecule has 0 bridgehead atoms. The average Bonchev–Trinajstić information content (AvgIpc) is 2.52. The maximum atomic E-state index is 12.3. The third-order valence-electron chi connectivity index (χ3n) is 3.62. The van der Waals surface area contributed by atoms with Gasteiger partial charge < -0.3 is 19.4 Å². The van der Waals surface area contributed by atoms with Crippen molar-refractivity contribution in [3.63, 3.8) is 0 Å². The van der Waals surface area contributed by atoms with Gasteiger partial charge in [-0.3, -0.25) is 9.59 Å². The third-order valence-corrected chi connectivity index (χ3v) is 3.62. The highest BCUT2D eigenvalue weighted by atomic mass is 16.5. The Kier molecular flexibility index (Phi) is 5.90. The molecule has 6 nitrogen and oxygen atoms in total. The Morgan fingerprint density at radius 2 is 2.00 bits per heavy atom. The Labute approximate surface area is 135 Å². The topological polar surface area (TPSA) is 71.6 Å². The normalized spacial score (nSPS) is 10.9. The molecule has 0 unspecified atom stereocenters. The van der Waals surface area contributed by atoms with E-state index in [0.29, 0.717) is 18.7 Å². The number of carbonyl (C=O) groups excluding carboxylic acids is 1. The molecule has 1 aromatic carbocycles. The number of pyridine rings is 1. The minimum atomic E-state index is -0.186. The molecule has 0 fully saturated rings. The number of aromatic nitrogens is 1. The molecule has 0 aliphatic carbocycles. The van der Waals surface area contributed by atoms with Crippen molar-refractivity contribution in [2.45, 2.75) is 13.5 Å². The van der Waals surface area contributed by atoms with Gasteiger partial charge in [-0.15, -0.1) is 0 Å². The molecule has 124 valence electrons. The molecule has 0 aliphatic rings. The van der Waals surface area contributed by atoms with Crippen LogP contribution in [0.5, 0.6) is 0 Å². The molecule has 0 radical (unpaired) electrons. The number of hydrogen-bond donors (Lipinski definition) is 1. The van der Waals surface area contributed by atoms with Crippen molar-refractivity contribution in [1.82, 2.24) is 9.88 Å². The summed E-state index contributed by atoms with van der Waals surface area (Å²) >= 11 is 0. The van der Waals surface area contributed by atoms with Gasteiger partial charge in [0.25, 0.3) is 5.56 Å².